The smallest absolute Gasteiger partial charge is 0.0208 e. The van der Waals surface area contributed by atoms with Gasteiger partial charge >= 0.3 is 0 Å². The molecule has 0 saturated carbocycles. The molecule has 0 fully saturated rings. The van der Waals surface area contributed by atoms with E-state index in [9.17, 15) is 0 Å². The molecule has 0 aliphatic rings. The van der Waals surface area contributed by atoms with E-state index in [1.165, 1.54) is 11.1 Å². The summed E-state index contributed by atoms with van der Waals surface area (Å²) >= 11 is 0. The third-order valence-corrected chi connectivity index (χ3v) is 2.94. The first-order chi connectivity index (χ1) is 6.52. The lowest BCUT2D eigenvalue weighted by Gasteiger charge is -2.20. The first kappa shape index (κ1) is 13.2. The van der Waals surface area contributed by atoms with Crippen molar-refractivity contribution in [2.45, 2.75) is 41.0 Å². The molecule has 0 aromatic carbocycles. The summed E-state index contributed by atoms with van der Waals surface area (Å²) in [6, 6.07) is 0. The SMILES string of the molecule is C=C(C)C(C)C(C)CC(/C=C\C)=C/C. The van der Waals surface area contributed by atoms with Gasteiger partial charge in [-0.3, -0.25) is 0 Å². The lowest BCUT2D eigenvalue weighted by atomic mass is 9.85. The van der Waals surface area contributed by atoms with Gasteiger partial charge < -0.3 is 0 Å². The summed E-state index contributed by atoms with van der Waals surface area (Å²) < 4.78 is 0. The van der Waals surface area contributed by atoms with Crippen LogP contribution in [0.3, 0.4) is 0 Å². The fraction of sp³-hybridized carbons (Fsp3) is 0.571. The molecule has 0 heterocycles. The molecular formula is C14H24. The molecule has 2 atom stereocenters. The molecule has 2 unspecified atom stereocenters. The standard InChI is InChI=1S/C14H24/c1-7-9-14(8-2)10-12(5)13(6)11(3)4/h7-9,12-13H,3,10H2,1-2,4-6H3/b9-7-,14-8+. The Morgan fingerprint density at radius 2 is 1.86 bits per heavy atom. The van der Waals surface area contributed by atoms with Gasteiger partial charge in [0.25, 0.3) is 0 Å². The topological polar surface area (TPSA) is 0 Å². The van der Waals surface area contributed by atoms with Crippen LogP contribution in [0.5, 0.6) is 0 Å². The molecule has 0 amide bonds. The van der Waals surface area contributed by atoms with Crippen molar-refractivity contribution in [2.24, 2.45) is 11.8 Å². The zero-order valence-corrected chi connectivity index (χ0v) is 10.3. The molecule has 0 saturated heterocycles. The maximum Gasteiger partial charge on any atom is -0.0208 e. The van der Waals surface area contributed by atoms with E-state index in [1.54, 1.807) is 0 Å². The summed E-state index contributed by atoms with van der Waals surface area (Å²) in [6.45, 7) is 14.9. The van der Waals surface area contributed by atoms with Gasteiger partial charge in [0.2, 0.25) is 0 Å². The summed E-state index contributed by atoms with van der Waals surface area (Å²) in [7, 11) is 0. The summed E-state index contributed by atoms with van der Waals surface area (Å²) in [6.07, 6.45) is 7.64. The van der Waals surface area contributed by atoms with E-state index in [0.717, 1.165) is 6.42 Å². The quantitative estimate of drug-likeness (QED) is 0.435. The van der Waals surface area contributed by atoms with Crippen LogP contribution in [-0.4, -0.2) is 0 Å². The lowest BCUT2D eigenvalue weighted by molar-refractivity contribution is 0.440. The fourth-order valence-electron chi connectivity index (χ4n) is 1.53. The highest BCUT2D eigenvalue weighted by Gasteiger charge is 2.12. The predicted molar refractivity (Wildman–Crippen MR) is 66.3 cm³/mol. The van der Waals surface area contributed by atoms with Gasteiger partial charge in [0, 0.05) is 0 Å². The zero-order chi connectivity index (χ0) is 11.1. The van der Waals surface area contributed by atoms with Gasteiger partial charge in [0.05, 0.1) is 0 Å². The van der Waals surface area contributed by atoms with Gasteiger partial charge in [-0.05, 0) is 39.0 Å². The summed E-state index contributed by atoms with van der Waals surface area (Å²) in [4.78, 5) is 0. The fourth-order valence-corrected chi connectivity index (χ4v) is 1.53. The lowest BCUT2D eigenvalue weighted by Crippen LogP contribution is -2.09. The highest BCUT2D eigenvalue weighted by molar-refractivity contribution is 5.18. The summed E-state index contributed by atoms with van der Waals surface area (Å²) in [5, 5.41) is 0. The number of allylic oxidation sites excluding steroid dienone is 5. The maximum atomic E-state index is 4.02. The minimum absolute atomic E-state index is 0.607. The van der Waals surface area contributed by atoms with Crippen molar-refractivity contribution < 1.29 is 0 Å². The molecule has 0 N–H and O–H groups in total. The van der Waals surface area contributed by atoms with Crippen molar-refractivity contribution in [3.8, 4) is 0 Å². The molecule has 0 aliphatic heterocycles. The molecule has 0 nitrogen and oxygen atoms in total. The van der Waals surface area contributed by atoms with Crippen molar-refractivity contribution in [1.82, 2.24) is 0 Å². The van der Waals surface area contributed by atoms with Crippen LogP contribution in [0.25, 0.3) is 0 Å². The van der Waals surface area contributed by atoms with Gasteiger partial charge in [-0.15, -0.1) is 0 Å². The highest BCUT2D eigenvalue weighted by atomic mass is 14.2. The van der Waals surface area contributed by atoms with E-state index in [-0.39, 0.29) is 0 Å². The van der Waals surface area contributed by atoms with Crippen LogP contribution in [0.4, 0.5) is 0 Å². The maximum absolute atomic E-state index is 4.02. The molecule has 0 radical (unpaired) electrons. The van der Waals surface area contributed by atoms with E-state index >= 15 is 0 Å². The number of hydrogen-bond acceptors (Lipinski definition) is 0. The third kappa shape index (κ3) is 4.45. The normalized spacial score (nSPS) is 17.1. The third-order valence-electron chi connectivity index (χ3n) is 2.94. The minimum Gasteiger partial charge on any atom is -0.0999 e. The predicted octanol–water partition coefficient (Wildman–Crippen LogP) is 4.75. The van der Waals surface area contributed by atoms with Crippen LogP contribution >= 0.6 is 0 Å². The number of hydrogen-bond donors (Lipinski definition) is 0. The number of rotatable bonds is 5. The molecule has 0 aromatic rings. The van der Waals surface area contributed by atoms with Crippen LogP contribution in [0.15, 0.2) is 36.0 Å². The Bertz CT molecular complexity index is 230. The van der Waals surface area contributed by atoms with Gasteiger partial charge in [-0.25, -0.2) is 0 Å². The summed E-state index contributed by atoms with van der Waals surface area (Å²) in [5.41, 5.74) is 2.71. The van der Waals surface area contributed by atoms with Gasteiger partial charge in [0.15, 0.2) is 0 Å². The van der Waals surface area contributed by atoms with Crippen molar-refractivity contribution in [1.29, 1.82) is 0 Å². The molecule has 0 rings (SSSR count). The van der Waals surface area contributed by atoms with Crippen molar-refractivity contribution in [3.63, 3.8) is 0 Å². The van der Waals surface area contributed by atoms with Gasteiger partial charge in [0.1, 0.15) is 0 Å². The Hall–Kier alpha value is -0.780. The van der Waals surface area contributed by atoms with E-state index in [0.29, 0.717) is 11.8 Å². The molecule has 0 spiro atoms. The second-order valence-electron chi connectivity index (χ2n) is 4.18. The largest absolute Gasteiger partial charge is 0.0999 e. The van der Waals surface area contributed by atoms with Crippen molar-refractivity contribution in [2.75, 3.05) is 0 Å². The molecule has 0 heteroatoms. The molecule has 14 heavy (non-hydrogen) atoms. The Morgan fingerprint density at radius 3 is 2.21 bits per heavy atom. The van der Waals surface area contributed by atoms with Gasteiger partial charge in [-0.2, -0.15) is 0 Å². The minimum atomic E-state index is 0.607. The van der Waals surface area contributed by atoms with E-state index < -0.39 is 0 Å². The molecule has 80 valence electrons. The van der Waals surface area contributed by atoms with E-state index in [1.807, 2.05) is 0 Å². The Morgan fingerprint density at radius 1 is 1.29 bits per heavy atom. The van der Waals surface area contributed by atoms with Crippen LogP contribution in [0.1, 0.15) is 41.0 Å². The Balaban J connectivity index is 4.30. The van der Waals surface area contributed by atoms with Crippen LogP contribution in [-0.2, 0) is 0 Å². The molecule has 0 bridgehead atoms. The highest BCUT2D eigenvalue weighted by Crippen LogP contribution is 2.25. The van der Waals surface area contributed by atoms with Gasteiger partial charge in [-0.1, -0.05) is 49.8 Å². The zero-order valence-electron chi connectivity index (χ0n) is 10.3. The molecule has 0 aliphatic carbocycles. The average Bonchev–Trinajstić information content (AvgIpc) is 2.15. The Kier molecular flexibility index (Phi) is 6.27. The van der Waals surface area contributed by atoms with Crippen molar-refractivity contribution >= 4 is 0 Å². The first-order valence-electron chi connectivity index (χ1n) is 5.46. The second kappa shape index (κ2) is 6.64. The van der Waals surface area contributed by atoms with E-state index in [4.69, 9.17) is 0 Å². The Labute approximate surface area is 89.4 Å². The van der Waals surface area contributed by atoms with Crippen LogP contribution in [0, 0.1) is 11.8 Å². The van der Waals surface area contributed by atoms with Crippen LogP contribution < -0.4 is 0 Å². The first-order valence-corrected chi connectivity index (χ1v) is 5.46. The molecular weight excluding hydrogens is 168 g/mol. The van der Waals surface area contributed by atoms with E-state index in [2.05, 4.69) is 59.4 Å². The van der Waals surface area contributed by atoms with Crippen molar-refractivity contribution in [3.05, 3.63) is 36.0 Å². The van der Waals surface area contributed by atoms with Crippen LogP contribution in [0.2, 0.25) is 0 Å². The summed E-state index contributed by atoms with van der Waals surface area (Å²) in [5.74, 6) is 1.28. The molecule has 0 aromatic heterocycles. The second-order valence-corrected chi connectivity index (χ2v) is 4.18. The monoisotopic (exact) mass is 192 g/mol. The average molecular weight is 192 g/mol.